The SMILES string of the molecule is CC1CCN(c2ccc(NN3c4ccccc4C(C)C3(C)C)cc2)CC1. The van der Waals surface area contributed by atoms with E-state index in [0.29, 0.717) is 5.92 Å². The van der Waals surface area contributed by atoms with E-state index in [1.807, 2.05) is 0 Å². The highest BCUT2D eigenvalue weighted by Gasteiger charge is 2.42. The molecule has 1 saturated heterocycles. The maximum Gasteiger partial charge on any atom is 0.0623 e. The Morgan fingerprint density at radius 3 is 2.27 bits per heavy atom. The zero-order valence-electron chi connectivity index (χ0n) is 16.5. The summed E-state index contributed by atoms with van der Waals surface area (Å²) in [6, 6.07) is 17.7. The average Bonchev–Trinajstić information content (AvgIpc) is 2.84. The van der Waals surface area contributed by atoms with Crippen LogP contribution in [0.5, 0.6) is 0 Å². The molecule has 2 heterocycles. The molecule has 2 aromatic rings. The van der Waals surface area contributed by atoms with Gasteiger partial charge >= 0.3 is 0 Å². The minimum Gasteiger partial charge on any atom is -0.372 e. The molecular weight excluding hydrogens is 318 g/mol. The lowest BCUT2D eigenvalue weighted by atomic mass is 9.87. The van der Waals surface area contributed by atoms with Crippen LogP contribution in [0.15, 0.2) is 48.5 Å². The Morgan fingerprint density at radius 1 is 0.923 bits per heavy atom. The molecule has 1 atom stereocenters. The van der Waals surface area contributed by atoms with Crippen molar-refractivity contribution in [3.63, 3.8) is 0 Å². The number of piperidine rings is 1. The molecule has 0 saturated carbocycles. The summed E-state index contributed by atoms with van der Waals surface area (Å²) in [6.07, 6.45) is 2.60. The van der Waals surface area contributed by atoms with E-state index in [0.717, 1.165) is 11.6 Å². The topological polar surface area (TPSA) is 18.5 Å². The molecule has 0 radical (unpaired) electrons. The molecule has 1 fully saturated rings. The quantitative estimate of drug-likeness (QED) is 0.772. The first kappa shape index (κ1) is 17.3. The summed E-state index contributed by atoms with van der Waals surface area (Å²) in [5.74, 6) is 1.35. The van der Waals surface area contributed by atoms with Gasteiger partial charge in [0.2, 0.25) is 0 Å². The molecule has 0 amide bonds. The van der Waals surface area contributed by atoms with Gasteiger partial charge in [0.25, 0.3) is 0 Å². The summed E-state index contributed by atoms with van der Waals surface area (Å²) >= 11 is 0. The highest BCUT2D eigenvalue weighted by Crippen LogP contribution is 2.46. The van der Waals surface area contributed by atoms with Crippen LogP contribution in [0, 0.1) is 5.92 Å². The molecule has 0 bridgehead atoms. The fourth-order valence-electron chi connectivity index (χ4n) is 4.29. The lowest BCUT2D eigenvalue weighted by molar-refractivity contribution is 0.438. The average molecular weight is 350 g/mol. The Morgan fingerprint density at radius 2 is 1.58 bits per heavy atom. The number of nitrogens with one attached hydrogen (secondary N) is 1. The lowest BCUT2D eigenvalue weighted by Crippen LogP contribution is -2.46. The molecule has 3 heteroatoms. The first-order valence-electron chi connectivity index (χ1n) is 9.97. The van der Waals surface area contributed by atoms with E-state index in [-0.39, 0.29) is 5.54 Å². The third kappa shape index (κ3) is 2.94. The van der Waals surface area contributed by atoms with Crippen LogP contribution in [-0.2, 0) is 0 Å². The van der Waals surface area contributed by atoms with Crippen LogP contribution in [0.4, 0.5) is 17.1 Å². The molecule has 4 rings (SSSR count). The summed E-state index contributed by atoms with van der Waals surface area (Å²) < 4.78 is 0. The number of benzene rings is 2. The van der Waals surface area contributed by atoms with E-state index in [1.165, 1.54) is 42.9 Å². The first-order chi connectivity index (χ1) is 12.5. The summed E-state index contributed by atoms with van der Waals surface area (Å²) in [6.45, 7) is 11.7. The first-order valence-corrected chi connectivity index (χ1v) is 9.97. The Balaban J connectivity index is 1.52. The largest absolute Gasteiger partial charge is 0.372 e. The highest BCUT2D eigenvalue weighted by molar-refractivity contribution is 5.68. The van der Waals surface area contributed by atoms with E-state index in [4.69, 9.17) is 0 Å². The number of nitrogens with zero attached hydrogens (tertiary/aromatic N) is 2. The van der Waals surface area contributed by atoms with Gasteiger partial charge in [-0.15, -0.1) is 0 Å². The number of rotatable bonds is 3. The fourth-order valence-corrected chi connectivity index (χ4v) is 4.29. The second kappa shape index (κ2) is 6.53. The number of para-hydroxylation sites is 1. The monoisotopic (exact) mass is 349 g/mol. The van der Waals surface area contributed by atoms with Gasteiger partial charge in [0.05, 0.1) is 16.9 Å². The van der Waals surface area contributed by atoms with Crippen LogP contribution in [0.25, 0.3) is 0 Å². The highest BCUT2D eigenvalue weighted by atomic mass is 15.6. The van der Waals surface area contributed by atoms with Crippen LogP contribution >= 0.6 is 0 Å². The van der Waals surface area contributed by atoms with Crippen molar-refractivity contribution >= 4 is 17.1 Å². The van der Waals surface area contributed by atoms with E-state index in [2.05, 4.69) is 91.6 Å². The number of hydrogen-bond donors (Lipinski definition) is 1. The van der Waals surface area contributed by atoms with Crippen molar-refractivity contribution < 1.29 is 0 Å². The smallest absolute Gasteiger partial charge is 0.0623 e. The van der Waals surface area contributed by atoms with Gasteiger partial charge in [-0.1, -0.05) is 32.0 Å². The molecular formula is C23H31N3. The number of hydrazine groups is 1. The van der Waals surface area contributed by atoms with Gasteiger partial charge in [-0.25, -0.2) is 0 Å². The number of anilines is 3. The van der Waals surface area contributed by atoms with Crippen molar-refractivity contribution in [3.05, 3.63) is 54.1 Å². The van der Waals surface area contributed by atoms with Crippen molar-refractivity contribution in [2.75, 3.05) is 28.4 Å². The fraction of sp³-hybridized carbons (Fsp3) is 0.478. The molecule has 1 unspecified atom stereocenters. The molecule has 0 spiro atoms. The second-order valence-corrected chi connectivity index (χ2v) is 8.60. The van der Waals surface area contributed by atoms with Gasteiger partial charge in [0.15, 0.2) is 0 Å². The molecule has 138 valence electrons. The van der Waals surface area contributed by atoms with E-state index >= 15 is 0 Å². The summed E-state index contributed by atoms with van der Waals surface area (Å²) in [7, 11) is 0. The molecule has 2 aliphatic rings. The predicted octanol–water partition coefficient (Wildman–Crippen LogP) is 5.65. The second-order valence-electron chi connectivity index (χ2n) is 8.60. The third-order valence-corrected chi connectivity index (χ3v) is 6.54. The Hall–Kier alpha value is -2.16. The van der Waals surface area contributed by atoms with Gasteiger partial charge in [0, 0.05) is 24.7 Å². The lowest BCUT2D eigenvalue weighted by Gasteiger charge is -2.37. The zero-order chi connectivity index (χ0) is 18.3. The van der Waals surface area contributed by atoms with Crippen LogP contribution in [0.3, 0.4) is 0 Å². The van der Waals surface area contributed by atoms with Crippen molar-refractivity contribution in [3.8, 4) is 0 Å². The van der Waals surface area contributed by atoms with Crippen molar-refractivity contribution in [1.29, 1.82) is 0 Å². The summed E-state index contributed by atoms with van der Waals surface area (Å²) in [5, 5.41) is 2.34. The Kier molecular flexibility index (Phi) is 4.34. The minimum atomic E-state index is 0.0331. The number of fused-ring (bicyclic) bond motifs is 1. The van der Waals surface area contributed by atoms with E-state index in [1.54, 1.807) is 0 Å². The zero-order valence-corrected chi connectivity index (χ0v) is 16.5. The minimum absolute atomic E-state index is 0.0331. The van der Waals surface area contributed by atoms with Crippen LogP contribution < -0.4 is 15.3 Å². The van der Waals surface area contributed by atoms with Crippen LogP contribution in [-0.4, -0.2) is 18.6 Å². The Labute approximate surface area is 158 Å². The predicted molar refractivity (Wildman–Crippen MR) is 112 cm³/mol. The van der Waals surface area contributed by atoms with Crippen LogP contribution in [0.1, 0.15) is 52.0 Å². The van der Waals surface area contributed by atoms with E-state index in [9.17, 15) is 0 Å². The summed E-state index contributed by atoms with van der Waals surface area (Å²) in [5.41, 5.74) is 8.91. The van der Waals surface area contributed by atoms with Crippen molar-refractivity contribution in [2.24, 2.45) is 5.92 Å². The van der Waals surface area contributed by atoms with Gasteiger partial charge in [-0.05, 0) is 68.5 Å². The van der Waals surface area contributed by atoms with Gasteiger partial charge in [-0.3, -0.25) is 10.4 Å². The molecule has 0 aliphatic carbocycles. The Bertz CT molecular complexity index is 757. The van der Waals surface area contributed by atoms with Gasteiger partial charge in [0.1, 0.15) is 0 Å². The van der Waals surface area contributed by atoms with Crippen LogP contribution in [0.2, 0.25) is 0 Å². The van der Waals surface area contributed by atoms with Crippen molar-refractivity contribution in [2.45, 2.75) is 52.0 Å². The van der Waals surface area contributed by atoms with Gasteiger partial charge in [-0.2, -0.15) is 0 Å². The summed E-state index contributed by atoms with van der Waals surface area (Å²) in [4.78, 5) is 2.51. The molecule has 1 N–H and O–H groups in total. The third-order valence-electron chi connectivity index (χ3n) is 6.54. The molecule has 0 aromatic heterocycles. The molecule has 2 aliphatic heterocycles. The standard InChI is InChI=1S/C23H31N3/c1-17-13-15-25(16-14-17)20-11-9-19(10-12-20)24-26-22-8-6-5-7-21(22)18(2)23(26,3)4/h5-12,17-18,24H,13-16H2,1-4H3. The molecule has 3 nitrogen and oxygen atoms in total. The van der Waals surface area contributed by atoms with Crippen molar-refractivity contribution in [1.82, 2.24) is 0 Å². The van der Waals surface area contributed by atoms with Gasteiger partial charge < -0.3 is 4.90 Å². The molecule has 26 heavy (non-hydrogen) atoms. The maximum atomic E-state index is 3.67. The molecule has 2 aromatic carbocycles. The van der Waals surface area contributed by atoms with E-state index < -0.39 is 0 Å². The number of hydrogen-bond acceptors (Lipinski definition) is 3. The maximum absolute atomic E-state index is 3.67. The normalized spacial score (nSPS) is 22.4.